The first-order chi connectivity index (χ1) is 14.4. The van der Waals surface area contributed by atoms with E-state index in [1.165, 1.54) is 25.5 Å². The van der Waals surface area contributed by atoms with Gasteiger partial charge in [-0.05, 0) is 55.0 Å². The molecule has 0 saturated carbocycles. The molecule has 0 saturated heterocycles. The number of benzene rings is 3. The van der Waals surface area contributed by atoms with E-state index in [-0.39, 0.29) is 10.6 Å². The lowest BCUT2D eigenvalue weighted by atomic mass is 10.2. The Labute approximate surface area is 175 Å². The van der Waals surface area contributed by atoms with Gasteiger partial charge in [-0.3, -0.25) is 0 Å². The number of hydrogen-bond acceptors (Lipinski definition) is 6. The Hall–Kier alpha value is -3.65. The predicted octanol–water partition coefficient (Wildman–Crippen LogP) is 3.54. The summed E-state index contributed by atoms with van der Waals surface area (Å²) in [5, 5.41) is 3.80. The fourth-order valence-electron chi connectivity index (χ4n) is 2.52. The zero-order chi connectivity index (χ0) is 21.6. The number of carbonyl (C=O) groups excluding carboxylic acids is 1. The molecule has 3 aromatic rings. The molecule has 0 atom stereocenters. The molecule has 0 heterocycles. The van der Waals surface area contributed by atoms with Gasteiger partial charge in [0.2, 0.25) is 0 Å². The minimum absolute atomic E-state index is 0.117. The number of esters is 1. The maximum Gasteiger partial charge on any atom is 0.343 e. The summed E-state index contributed by atoms with van der Waals surface area (Å²) in [6.45, 7) is 1.87. The Balaban J connectivity index is 1.71. The minimum atomic E-state index is -3.77. The van der Waals surface area contributed by atoms with Crippen molar-refractivity contribution < 1.29 is 22.7 Å². The third-order valence-electron chi connectivity index (χ3n) is 4.12. The fraction of sp³-hybridized carbons (Fsp3) is 0.0909. The van der Waals surface area contributed by atoms with Gasteiger partial charge in [0.15, 0.2) is 11.5 Å². The van der Waals surface area contributed by atoms with E-state index in [0.717, 1.165) is 5.56 Å². The van der Waals surface area contributed by atoms with E-state index >= 15 is 0 Å². The standard InChI is InChI=1S/C22H20N2O5S/c1-16-8-11-19(12-9-16)30(26,27)24-23-15-17-10-13-20(21(14-17)28-2)29-22(25)18-6-4-3-5-7-18/h3-15,24H,1-2H3. The molecular formula is C22H20N2O5S. The molecule has 30 heavy (non-hydrogen) atoms. The smallest absolute Gasteiger partial charge is 0.343 e. The number of methoxy groups -OCH3 is 1. The second kappa shape index (κ2) is 9.23. The predicted molar refractivity (Wildman–Crippen MR) is 113 cm³/mol. The van der Waals surface area contributed by atoms with Crippen molar-refractivity contribution in [2.45, 2.75) is 11.8 Å². The van der Waals surface area contributed by atoms with Gasteiger partial charge in [-0.15, -0.1) is 0 Å². The second-order valence-corrected chi connectivity index (χ2v) is 7.99. The van der Waals surface area contributed by atoms with Crippen LogP contribution in [0.4, 0.5) is 0 Å². The van der Waals surface area contributed by atoms with E-state index in [4.69, 9.17) is 9.47 Å². The summed E-state index contributed by atoms with van der Waals surface area (Å²) in [6.07, 6.45) is 1.33. The van der Waals surface area contributed by atoms with Gasteiger partial charge in [-0.25, -0.2) is 9.63 Å². The molecule has 3 rings (SSSR count). The molecule has 8 heteroatoms. The SMILES string of the molecule is COc1cc(C=NNS(=O)(=O)c2ccc(C)cc2)ccc1OC(=O)c1ccccc1. The molecule has 1 N–H and O–H groups in total. The highest BCUT2D eigenvalue weighted by molar-refractivity contribution is 7.89. The largest absolute Gasteiger partial charge is 0.493 e. The van der Waals surface area contributed by atoms with Crippen LogP contribution in [-0.4, -0.2) is 27.7 Å². The summed E-state index contributed by atoms with van der Waals surface area (Å²) in [6, 6.07) is 19.8. The van der Waals surface area contributed by atoms with Gasteiger partial charge in [0.25, 0.3) is 10.0 Å². The van der Waals surface area contributed by atoms with E-state index in [0.29, 0.717) is 16.9 Å². The van der Waals surface area contributed by atoms with E-state index < -0.39 is 16.0 Å². The Morgan fingerprint density at radius 2 is 1.67 bits per heavy atom. The Morgan fingerprint density at radius 3 is 2.33 bits per heavy atom. The van der Waals surface area contributed by atoms with Gasteiger partial charge >= 0.3 is 5.97 Å². The van der Waals surface area contributed by atoms with Crippen molar-refractivity contribution in [3.8, 4) is 11.5 Å². The number of aryl methyl sites for hydroxylation is 1. The van der Waals surface area contributed by atoms with Gasteiger partial charge in [0.1, 0.15) is 0 Å². The molecule has 0 aliphatic rings. The lowest BCUT2D eigenvalue weighted by Crippen LogP contribution is -2.18. The molecule has 0 aromatic heterocycles. The molecule has 154 valence electrons. The quantitative estimate of drug-likeness (QED) is 0.271. The van der Waals surface area contributed by atoms with Crippen molar-refractivity contribution >= 4 is 22.2 Å². The number of hydrogen-bond donors (Lipinski definition) is 1. The van der Waals surface area contributed by atoms with Gasteiger partial charge in [0.05, 0.1) is 23.8 Å². The molecule has 7 nitrogen and oxygen atoms in total. The van der Waals surface area contributed by atoms with E-state index in [1.807, 2.05) is 6.92 Å². The summed E-state index contributed by atoms with van der Waals surface area (Å²) < 4.78 is 35.2. The van der Waals surface area contributed by atoms with Gasteiger partial charge in [-0.2, -0.15) is 13.5 Å². The van der Waals surface area contributed by atoms with Crippen molar-refractivity contribution in [3.05, 3.63) is 89.5 Å². The molecule has 0 radical (unpaired) electrons. The van der Waals surface area contributed by atoms with Crippen LogP contribution in [0.2, 0.25) is 0 Å². The van der Waals surface area contributed by atoms with Crippen LogP contribution in [0.5, 0.6) is 11.5 Å². The zero-order valence-electron chi connectivity index (χ0n) is 16.4. The molecule has 0 aliphatic heterocycles. The van der Waals surface area contributed by atoms with E-state index in [1.54, 1.807) is 60.7 Å². The normalized spacial score (nSPS) is 11.3. The Bertz CT molecular complexity index is 1160. The molecule has 0 unspecified atom stereocenters. The van der Waals surface area contributed by atoms with Crippen molar-refractivity contribution in [2.75, 3.05) is 7.11 Å². The summed E-state index contributed by atoms with van der Waals surface area (Å²) >= 11 is 0. The lowest BCUT2D eigenvalue weighted by molar-refractivity contribution is 0.0729. The molecule has 0 fully saturated rings. The number of carbonyl (C=O) groups is 1. The third-order valence-corrected chi connectivity index (χ3v) is 5.36. The first-order valence-electron chi connectivity index (χ1n) is 8.96. The highest BCUT2D eigenvalue weighted by Crippen LogP contribution is 2.28. The number of hydrazone groups is 1. The highest BCUT2D eigenvalue weighted by Gasteiger charge is 2.13. The van der Waals surface area contributed by atoms with Gasteiger partial charge in [0, 0.05) is 0 Å². The van der Waals surface area contributed by atoms with Crippen LogP contribution < -0.4 is 14.3 Å². The average Bonchev–Trinajstić information content (AvgIpc) is 2.75. The summed E-state index contributed by atoms with van der Waals surface area (Å²) in [4.78, 5) is 14.5. The van der Waals surface area contributed by atoms with Crippen LogP contribution in [0.3, 0.4) is 0 Å². The molecule has 0 spiro atoms. The molecule has 0 aliphatic carbocycles. The minimum Gasteiger partial charge on any atom is -0.493 e. The van der Waals surface area contributed by atoms with Crippen molar-refractivity contribution in [1.29, 1.82) is 0 Å². The van der Waals surface area contributed by atoms with Crippen molar-refractivity contribution in [3.63, 3.8) is 0 Å². The van der Waals surface area contributed by atoms with Crippen molar-refractivity contribution in [2.24, 2.45) is 5.10 Å². The molecular weight excluding hydrogens is 404 g/mol. The Morgan fingerprint density at radius 1 is 0.967 bits per heavy atom. The van der Waals surface area contributed by atoms with Crippen LogP contribution in [-0.2, 0) is 10.0 Å². The van der Waals surface area contributed by atoms with Gasteiger partial charge in [-0.1, -0.05) is 35.9 Å². The monoisotopic (exact) mass is 424 g/mol. The van der Waals surface area contributed by atoms with E-state index in [2.05, 4.69) is 9.93 Å². The van der Waals surface area contributed by atoms with Gasteiger partial charge < -0.3 is 9.47 Å². The van der Waals surface area contributed by atoms with E-state index in [9.17, 15) is 13.2 Å². The zero-order valence-corrected chi connectivity index (χ0v) is 17.2. The lowest BCUT2D eigenvalue weighted by Gasteiger charge is -2.10. The number of sulfonamides is 1. The maximum absolute atomic E-state index is 12.3. The topological polar surface area (TPSA) is 94.1 Å². The first kappa shape index (κ1) is 21.1. The average molecular weight is 424 g/mol. The number of nitrogens with one attached hydrogen (secondary N) is 1. The molecule has 0 amide bonds. The fourth-order valence-corrected chi connectivity index (χ4v) is 3.31. The van der Waals surface area contributed by atoms with Crippen LogP contribution in [0.15, 0.2) is 82.8 Å². The summed E-state index contributed by atoms with van der Waals surface area (Å²) in [5.74, 6) is 0.0366. The number of nitrogens with zero attached hydrogens (tertiary/aromatic N) is 1. The Kier molecular flexibility index (Phi) is 6.48. The third kappa shape index (κ3) is 5.24. The summed E-state index contributed by atoms with van der Waals surface area (Å²) in [5.41, 5.74) is 1.92. The number of ether oxygens (including phenoxy) is 2. The molecule has 0 bridgehead atoms. The maximum atomic E-state index is 12.3. The number of rotatable bonds is 7. The van der Waals surface area contributed by atoms with Crippen LogP contribution >= 0.6 is 0 Å². The van der Waals surface area contributed by atoms with Crippen LogP contribution in [0, 0.1) is 6.92 Å². The second-order valence-electron chi connectivity index (χ2n) is 6.33. The summed E-state index contributed by atoms with van der Waals surface area (Å²) in [7, 11) is -2.33. The van der Waals surface area contributed by atoms with Crippen LogP contribution in [0.25, 0.3) is 0 Å². The first-order valence-corrected chi connectivity index (χ1v) is 10.4. The van der Waals surface area contributed by atoms with Crippen molar-refractivity contribution in [1.82, 2.24) is 4.83 Å². The molecule has 3 aromatic carbocycles. The van der Waals surface area contributed by atoms with Crippen LogP contribution in [0.1, 0.15) is 21.5 Å². The highest BCUT2D eigenvalue weighted by atomic mass is 32.2.